The third kappa shape index (κ3) is 2.34. The zero-order valence-electron chi connectivity index (χ0n) is 11.3. The highest BCUT2D eigenvalue weighted by Crippen LogP contribution is 2.50. The summed E-state index contributed by atoms with van der Waals surface area (Å²) in [6.07, 6.45) is 4.96. The Morgan fingerprint density at radius 1 is 1.30 bits per heavy atom. The van der Waals surface area contributed by atoms with Gasteiger partial charge in [0.2, 0.25) is 6.08 Å². The van der Waals surface area contributed by atoms with Gasteiger partial charge in [-0.1, -0.05) is 12.8 Å². The molecule has 0 amide bonds. The lowest BCUT2D eigenvalue weighted by Crippen LogP contribution is -2.20. The van der Waals surface area contributed by atoms with Crippen LogP contribution in [0.5, 0.6) is 11.5 Å². The predicted octanol–water partition coefficient (Wildman–Crippen LogP) is 3.71. The van der Waals surface area contributed by atoms with Crippen LogP contribution >= 0.6 is 15.9 Å². The van der Waals surface area contributed by atoms with Gasteiger partial charge in [-0.15, -0.1) is 0 Å². The van der Waals surface area contributed by atoms with E-state index in [1.54, 1.807) is 12.1 Å². The highest BCUT2D eigenvalue weighted by Gasteiger charge is 2.40. The van der Waals surface area contributed by atoms with Crippen molar-refractivity contribution in [3.63, 3.8) is 0 Å². The van der Waals surface area contributed by atoms with Crippen LogP contribution in [-0.2, 0) is 10.3 Å². The first-order valence-corrected chi connectivity index (χ1v) is 7.08. The summed E-state index contributed by atoms with van der Waals surface area (Å²) in [6.45, 7) is 0. The number of hydrogen-bond donors (Lipinski definition) is 0. The summed E-state index contributed by atoms with van der Waals surface area (Å²) >= 11 is 3.17. The third-order valence-electron chi connectivity index (χ3n) is 3.73. The first-order valence-electron chi connectivity index (χ1n) is 6.29. The van der Waals surface area contributed by atoms with Crippen molar-refractivity contribution in [2.75, 3.05) is 14.2 Å². The Kier molecular flexibility index (Phi) is 4.45. The van der Waals surface area contributed by atoms with Gasteiger partial charge in [-0.25, -0.2) is 9.18 Å². The molecule has 6 heteroatoms. The maximum atomic E-state index is 14.1. The van der Waals surface area contributed by atoms with E-state index in [9.17, 15) is 9.18 Å². The van der Waals surface area contributed by atoms with Crippen LogP contribution < -0.4 is 9.47 Å². The molecule has 1 aromatic carbocycles. The van der Waals surface area contributed by atoms with Gasteiger partial charge in [-0.2, -0.15) is 4.99 Å². The van der Waals surface area contributed by atoms with Crippen LogP contribution in [0.3, 0.4) is 0 Å². The molecule has 4 nitrogen and oxygen atoms in total. The molecular weight excluding hydrogens is 329 g/mol. The molecule has 1 saturated carbocycles. The molecule has 20 heavy (non-hydrogen) atoms. The van der Waals surface area contributed by atoms with Gasteiger partial charge in [0.05, 0.1) is 18.7 Å². The summed E-state index contributed by atoms with van der Waals surface area (Å²) in [5.41, 5.74) is -0.0395. The minimum Gasteiger partial charge on any atom is -0.492 e. The smallest absolute Gasteiger partial charge is 0.235 e. The van der Waals surface area contributed by atoms with Gasteiger partial charge in [0.25, 0.3) is 0 Å². The van der Waals surface area contributed by atoms with Crippen molar-refractivity contribution in [3.8, 4) is 11.5 Å². The molecule has 1 fully saturated rings. The van der Waals surface area contributed by atoms with E-state index in [1.807, 2.05) is 0 Å². The molecule has 0 N–H and O–H groups in total. The molecule has 0 spiro atoms. The summed E-state index contributed by atoms with van der Waals surface area (Å²) in [4.78, 5) is 14.8. The summed E-state index contributed by atoms with van der Waals surface area (Å²) in [5.74, 6) is -0.227. The number of methoxy groups -OCH3 is 2. The maximum absolute atomic E-state index is 14.1. The van der Waals surface area contributed by atoms with E-state index in [0.717, 1.165) is 12.8 Å². The van der Waals surface area contributed by atoms with E-state index in [0.29, 0.717) is 18.4 Å². The van der Waals surface area contributed by atoms with Crippen molar-refractivity contribution in [1.29, 1.82) is 0 Å². The molecule has 1 aliphatic rings. The first kappa shape index (κ1) is 15.0. The minimum atomic E-state index is -0.698. The molecule has 0 aliphatic heterocycles. The quantitative estimate of drug-likeness (QED) is 0.618. The number of benzene rings is 1. The molecule has 0 bridgehead atoms. The average molecular weight is 344 g/mol. The lowest BCUT2D eigenvalue weighted by molar-refractivity contribution is 0.322. The molecule has 0 radical (unpaired) electrons. The summed E-state index contributed by atoms with van der Waals surface area (Å²) in [7, 11) is 2.82. The Morgan fingerprint density at radius 3 is 2.40 bits per heavy atom. The summed E-state index contributed by atoms with van der Waals surface area (Å²) in [6, 6.07) is 1.61. The SMILES string of the molecule is COc1c(C2(N=C=O)CCCC2)cc(Br)c(F)c1OC. The average Bonchev–Trinajstić information content (AvgIpc) is 2.91. The molecular formula is C14H15BrFNO3. The van der Waals surface area contributed by atoms with Crippen LogP contribution in [-0.4, -0.2) is 20.3 Å². The predicted molar refractivity (Wildman–Crippen MR) is 75.5 cm³/mol. The second-order valence-electron chi connectivity index (χ2n) is 4.73. The molecule has 0 heterocycles. The summed E-state index contributed by atoms with van der Waals surface area (Å²) in [5, 5.41) is 0. The number of carbonyl (C=O) groups excluding carboxylic acids is 1. The van der Waals surface area contributed by atoms with Crippen molar-refractivity contribution in [2.45, 2.75) is 31.2 Å². The lowest BCUT2D eigenvalue weighted by atomic mass is 9.88. The Labute approximate surface area is 125 Å². The van der Waals surface area contributed by atoms with Gasteiger partial charge in [0, 0.05) is 5.56 Å². The third-order valence-corrected chi connectivity index (χ3v) is 4.31. The van der Waals surface area contributed by atoms with Crippen LogP contribution in [0.4, 0.5) is 4.39 Å². The zero-order valence-corrected chi connectivity index (χ0v) is 12.9. The van der Waals surface area contributed by atoms with Crippen molar-refractivity contribution in [3.05, 3.63) is 21.9 Å². The minimum absolute atomic E-state index is 0.0178. The second kappa shape index (κ2) is 5.94. The second-order valence-corrected chi connectivity index (χ2v) is 5.58. The van der Waals surface area contributed by atoms with Gasteiger partial charge >= 0.3 is 0 Å². The molecule has 2 rings (SSSR count). The fourth-order valence-corrected chi connectivity index (χ4v) is 3.21. The van der Waals surface area contributed by atoms with E-state index in [2.05, 4.69) is 20.9 Å². The van der Waals surface area contributed by atoms with E-state index >= 15 is 0 Å². The zero-order chi connectivity index (χ0) is 14.8. The topological polar surface area (TPSA) is 47.9 Å². The van der Waals surface area contributed by atoms with Crippen molar-refractivity contribution in [1.82, 2.24) is 0 Å². The number of ether oxygens (including phenoxy) is 2. The number of rotatable bonds is 4. The van der Waals surface area contributed by atoms with E-state index in [1.165, 1.54) is 14.2 Å². The Hall–Kier alpha value is -1.39. The van der Waals surface area contributed by atoms with Gasteiger partial charge in [-0.3, -0.25) is 0 Å². The molecule has 108 valence electrons. The lowest BCUT2D eigenvalue weighted by Gasteiger charge is -2.26. The fourth-order valence-electron chi connectivity index (χ4n) is 2.81. The molecule has 0 saturated heterocycles. The van der Waals surface area contributed by atoms with Gasteiger partial charge in [0.1, 0.15) is 5.54 Å². The Bertz CT molecular complexity index is 564. The van der Waals surface area contributed by atoms with Crippen molar-refractivity contribution < 1.29 is 18.7 Å². The van der Waals surface area contributed by atoms with E-state index < -0.39 is 11.4 Å². The Balaban J connectivity index is 2.72. The first-order chi connectivity index (χ1) is 9.59. The van der Waals surface area contributed by atoms with Crippen LogP contribution in [0.1, 0.15) is 31.2 Å². The number of aliphatic imine (C=N–C) groups is 1. The molecule has 1 aliphatic carbocycles. The molecule has 0 unspecified atom stereocenters. The fraction of sp³-hybridized carbons (Fsp3) is 0.500. The highest BCUT2D eigenvalue weighted by atomic mass is 79.9. The van der Waals surface area contributed by atoms with Crippen molar-refractivity contribution in [2.24, 2.45) is 4.99 Å². The number of isocyanates is 1. The van der Waals surface area contributed by atoms with Crippen molar-refractivity contribution >= 4 is 22.0 Å². The molecule has 1 aromatic rings. The molecule has 0 aromatic heterocycles. The number of hydrogen-bond acceptors (Lipinski definition) is 4. The van der Waals surface area contributed by atoms with E-state index in [4.69, 9.17) is 9.47 Å². The van der Waals surface area contributed by atoms with Crippen LogP contribution in [0, 0.1) is 5.82 Å². The van der Waals surface area contributed by atoms with E-state index in [-0.39, 0.29) is 16.0 Å². The maximum Gasteiger partial charge on any atom is 0.235 e. The summed E-state index contributed by atoms with van der Waals surface area (Å²) < 4.78 is 24.7. The van der Waals surface area contributed by atoms with Gasteiger partial charge in [0.15, 0.2) is 17.3 Å². The van der Waals surface area contributed by atoms with Crippen LogP contribution in [0.15, 0.2) is 15.5 Å². The van der Waals surface area contributed by atoms with Gasteiger partial charge < -0.3 is 9.47 Å². The van der Waals surface area contributed by atoms with Gasteiger partial charge in [-0.05, 0) is 34.8 Å². The monoisotopic (exact) mass is 343 g/mol. The highest BCUT2D eigenvalue weighted by molar-refractivity contribution is 9.10. The molecule has 0 atom stereocenters. The number of nitrogens with zero attached hydrogens (tertiary/aromatic N) is 1. The van der Waals surface area contributed by atoms with Crippen LogP contribution in [0.2, 0.25) is 0 Å². The largest absolute Gasteiger partial charge is 0.492 e. The van der Waals surface area contributed by atoms with Crippen LogP contribution in [0.25, 0.3) is 0 Å². The number of halogens is 2. The standard InChI is InChI=1S/C14H15BrFNO3/c1-19-12-9(7-10(15)11(16)13(12)20-2)14(17-8-18)5-3-4-6-14/h7H,3-6H2,1-2H3. The Morgan fingerprint density at radius 2 is 1.90 bits per heavy atom. The normalized spacial score (nSPS) is 16.6.